The number of carbonyl (C=O) groups is 1. The Labute approximate surface area is 266 Å². The maximum Gasteiger partial charge on any atom is 0.277 e. The van der Waals surface area contributed by atoms with Crippen LogP contribution in [0, 0.1) is 12.7 Å². The van der Waals surface area contributed by atoms with Crippen molar-refractivity contribution in [2.24, 2.45) is 0 Å². The number of aromatic nitrogens is 5. The Balaban J connectivity index is 1.20. The summed E-state index contributed by atoms with van der Waals surface area (Å²) in [6.45, 7) is 4.60. The fraction of sp³-hybridized carbons (Fsp3) is 0.200. The summed E-state index contributed by atoms with van der Waals surface area (Å²) >= 11 is 13.4. The van der Waals surface area contributed by atoms with E-state index in [2.05, 4.69) is 35.4 Å². The third-order valence-corrected chi connectivity index (χ3v) is 8.09. The Bertz CT molecular complexity index is 1820. The molecule has 2 aromatic carbocycles. The predicted molar refractivity (Wildman–Crippen MR) is 168 cm³/mol. The van der Waals surface area contributed by atoms with Gasteiger partial charge in [0.05, 0.1) is 46.0 Å². The number of anilines is 2. The molecule has 1 N–H and O–H groups in total. The lowest BCUT2D eigenvalue weighted by Gasteiger charge is -2.28. The number of pyridine rings is 1. The summed E-state index contributed by atoms with van der Waals surface area (Å²) in [4.78, 5) is 28.6. The molecule has 4 heterocycles. The zero-order valence-corrected chi connectivity index (χ0v) is 25.6. The molecule has 1 aliphatic heterocycles. The van der Waals surface area contributed by atoms with Crippen LogP contribution >= 0.6 is 35.0 Å². The average Bonchev–Trinajstić information content (AvgIpc) is 3.51. The van der Waals surface area contributed by atoms with Gasteiger partial charge in [-0.1, -0.05) is 64.8 Å². The van der Waals surface area contributed by atoms with Crippen LogP contribution in [-0.4, -0.2) is 63.1 Å². The predicted octanol–water partition coefficient (Wildman–Crippen LogP) is 6.58. The van der Waals surface area contributed by atoms with Crippen LogP contribution in [0.4, 0.5) is 16.2 Å². The smallest absolute Gasteiger partial charge is 0.277 e. The second-order valence-electron chi connectivity index (χ2n) is 9.76. The molecule has 6 rings (SSSR count). The van der Waals surface area contributed by atoms with Crippen molar-refractivity contribution in [3.05, 3.63) is 82.2 Å². The molecule has 1 amide bonds. The molecule has 224 valence electrons. The van der Waals surface area contributed by atoms with Crippen LogP contribution in [0.3, 0.4) is 0 Å². The third-order valence-electron chi connectivity index (χ3n) is 6.67. The highest BCUT2D eigenvalue weighted by molar-refractivity contribution is 7.99. The van der Waals surface area contributed by atoms with Gasteiger partial charge in [0, 0.05) is 30.4 Å². The molecule has 14 heteroatoms. The second-order valence-corrected chi connectivity index (χ2v) is 11.5. The first-order valence-corrected chi connectivity index (χ1v) is 15.2. The molecule has 1 aliphatic rings. The number of aryl methyl sites for hydroxylation is 1. The lowest BCUT2D eigenvalue weighted by Crippen LogP contribution is -2.37. The van der Waals surface area contributed by atoms with Gasteiger partial charge in [-0.25, -0.2) is 19.3 Å². The van der Waals surface area contributed by atoms with Crippen LogP contribution in [0.2, 0.25) is 10.0 Å². The summed E-state index contributed by atoms with van der Waals surface area (Å²) in [5, 5.41) is 11.3. The molecule has 0 aliphatic carbocycles. The number of carbonyl (C=O) groups excluding carboxylic acids is 1. The van der Waals surface area contributed by atoms with Crippen molar-refractivity contribution in [1.29, 1.82) is 0 Å². The normalized spacial score (nSPS) is 13.2. The number of thioether (sulfide) groups is 1. The number of rotatable bonds is 8. The van der Waals surface area contributed by atoms with Gasteiger partial charge in [-0.05, 0) is 37.3 Å². The maximum atomic E-state index is 14.4. The van der Waals surface area contributed by atoms with Crippen molar-refractivity contribution in [2.45, 2.75) is 12.1 Å². The van der Waals surface area contributed by atoms with Gasteiger partial charge >= 0.3 is 0 Å². The molecule has 5 aromatic rings. The van der Waals surface area contributed by atoms with Gasteiger partial charge in [-0.3, -0.25) is 10.1 Å². The van der Waals surface area contributed by atoms with E-state index in [0.29, 0.717) is 54.7 Å². The topological polar surface area (TPSA) is 119 Å². The first-order valence-electron chi connectivity index (χ1n) is 13.5. The van der Waals surface area contributed by atoms with E-state index < -0.39 is 11.7 Å². The van der Waals surface area contributed by atoms with Crippen molar-refractivity contribution < 1.29 is 18.3 Å². The minimum Gasteiger partial charge on any atom is -0.411 e. The summed E-state index contributed by atoms with van der Waals surface area (Å²) in [5.41, 5.74) is 3.68. The molecule has 3 aromatic heterocycles. The number of nitrogens with one attached hydrogen (secondary N) is 1. The number of amides is 1. The number of hydrogen-bond donors (Lipinski definition) is 1. The molecule has 1 saturated heterocycles. The number of hydrogen-bond acceptors (Lipinski definition) is 10. The van der Waals surface area contributed by atoms with Crippen molar-refractivity contribution in [1.82, 2.24) is 25.1 Å². The van der Waals surface area contributed by atoms with E-state index in [4.69, 9.17) is 32.4 Å². The molecule has 0 bridgehead atoms. The minimum absolute atomic E-state index is 0.0202. The largest absolute Gasteiger partial charge is 0.411 e. The summed E-state index contributed by atoms with van der Waals surface area (Å²) < 4.78 is 25.7. The molecule has 0 atom stereocenters. The second kappa shape index (κ2) is 13.3. The van der Waals surface area contributed by atoms with Gasteiger partial charge in [0.1, 0.15) is 11.6 Å². The zero-order valence-electron chi connectivity index (χ0n) is 23.3. The summed E-state index contributed by atoms with van der Waals surface area (Å²) in [6, 6.07) is 15.5. The third kappa shape index (κ3) is 6.83. The van der Waals surface area contributed by atoms with Gasteiger partial charge < -0.3 is 14.1 Å². The van der Waals surface area contributed by atoms with Crippen molar-refractivity contribution in [3.63, 3.8) is 0 Å². The van der Waals surface area contributed by atoms with Crippen molar-refractivity contribution in [2.75, 3.05) is 42.3 Å². The van der Waals surface area contributed by atoms with Crippen LogP contribution in [0.1, 0.15) is 5.56 Å². The highest BCUT2D eigenvalue weighted by atomic mass is 35.5. The summed E-state index contributed by atoms with van der Waals surface area (Å²) in [7, 11) is 0. The number of morpholine rings is 1. The standard InChI is InChI=1S/C30H24Cl2FN7O3S/c1-17-4-6-18(7-5-17)24-15-25(20-13-23(33)22(32)14-21(20)31)36-29(35-24)37-26(41)16-44-30-39-38-28(43-30)19-3-2-8-34-27(19)40-9-11-42-12-10-40/h2-8,13-15H,9-12,16H2,1H3,(H,35,36,37,41). The molecule has 0 radical (unpaired) electrons. The SMILES string of the molecule is Cc1ccc(-c2cc(-c3cc(F)c(Cl)cc3Cl)nc(NC(=O)CSc3nnc(-c4cccnc4N4CCOCC4)o3)n2)cc1. The van der Waals surface area contributed by atoms with E-state index in [1.54, 1.807) is 18.3 Å². The highest BCUT2D eigenvalue weighted by Gasteiger charge is 2.21. The molecule has 0 unspecified atom stereocenters. The monoisotopic (exact) mass is 651 g/mol. The Kier molecular flexibility index (Phi) is 9.03. The molecular formula is C30H24Cl2FN7O3S. The number of nitrogens with zero attached hydrogens (tertiary/aromatic N) is 6. The Morgan fingerprint density at radius 1 is 1.00 bits per heavy atom. The zero-order chi connectivity index (χ0) is 30.6. The fourth-order valence-corrected chi connectivity index (χ4v) is 5.53. The lowest BCUT2D eigenvalue weighted by molar-refractivity contribution is -0.113. The number of ether oxygens (including phenoxy) is 1. The quantitative estimate of drug-likeness (QED) is 0.146. The summed E-state index contributed by atoms with van der Waals surface area (Å²) in [5.74, 6) is -0.0678. The number of benzene rings is 2. The van der Waals surface area contributed by atoms with E-state index in [1.165, 1.54) is 12.1 Å². The van der Waals surface area contributed by atoms with Crippen molar-refractivity contribution in [3.8, 4) is 34.0 Å². The highest BCUT2D eigenvalue weighted by Crippen LogP contribution is 2.34. The van der Waals surface area contributed by atoms with Gasteiger partial charge in [0.25, 0.3) is 11.1 Å². The van der Waals surface area contributed by atoms with Crippen LogP contribution in [0.5, 0.6) is 0 Å². The molecule has 1 fully saturated rings. The molecule has 44 heavy (non-hydrogen) atoms. The van der Waals surface area contributed by atoms with E-state index in [1.807, 2.05) is 37.3 Å². The van der Waals surface area contributed by atoms with Gasteiger partial charge in [-0.2, -0.15) is 0 Å². The Hall–Kier alpha value is -4.10. The molecule has 0 spiro atoms. The average molecular weight is 653 g/mol. The first-order chi connectivity index (χ1) is 21.3. The molecule has 0 saturated carbocycles. The van der Waals surface area contributed by atoms with Crippen LogP contribution in [0.25, 0.3) is 34.0 Å². The van der Waals surface area contributed by atoms with E-state index in [-0.39, 0.29) is 27.0 Å². The van der Waals surface area contributed by atoms with E-state index in [0.717, 1.165) is 28.7 Å². The Morgan fingerprint density at radius 2 is 1.77 bits per heavy atom. The van der Waals surface area contributed by atoms with Crippen LogP contribution in [0.15, 0.2) is 70.4 Å². The molecular weight excluding hydrogens is 628 g/mol. The van der Waals surface area contributed by atoms with Crippen molar-refractivity contribution >= 4 is 52.6 Å². The van der Waals surface area contributed by atoms with E-state index in [9.17, 15) is 9.18 Å². The lowest BCUT2D eigenvalue weighted by atomic mass is 10.1. The minimum atomic E-state index is -0.647. The van der Waals surface area contributed by atoms with Gasteiger partial charge in [-0.15, -0.1) is 10.2 Å². The van der Waals surface area contributed by atoms with Gasteiger partial charge in [0.15, 0.2) is 0 Å². The van der Waals surface area contributed by atoms with E-state index >= 15 is 0 Å². The fourth-order valence-electron chi connectivity index (χ4n) is 4.49. The Morgan fingerprint density at radius 3 is 2.57 bits per heavy atom. The number of halogens is 3. The van der Waals surface area contributed by atoms with Gasteiger partial charge in [0.2, 0.25) is 11.9 Å². The van der Waals surface area contributed by atoms with Crippen LogP contribution < -0.4 is 10.2 Å². The summed E-state index contributed by atoms with van der Waals surface area (Å²) in [6.07, 6.45) is 1.71. The first kappa shape index (κ1) is 29.9. The molecule has 10 nitrogen and oxygen atoms in total. The van der Waals surface area contributed by atoms with Crippen LogP contribution in [-0.2, 0) is 9.53 Å². The maximum absolute atomic E-state index is 14.4.